The van der Waals surface area contributed by atoms with Crippen molar-refractivity contribution < 1.29 is 23.1 Å². The van der Waals surface area contributed by atoms with Crippen molar-refractivity contribution in [2.24, 2.45) is 0 Å². The molecule has 0 saturated heterocycles. The van der Waals surface area contributed by atoms with Crippen molar-refractivity contribution in [1.29, 1.82) is 0 Å². The molecule has 0 fully saturated rings. The Morgan fingerprint density at radius 3 is 2.48 bits per heavy atom. The fourth-order valence-electron chi connectivity index (χ4n) is 2.48. The van der Waals surface area contributed by atoms with Crippen molar-refractivity contribution in [3.63, 3.8) is 0 Å². The fraction of sp³-hybridized carbons (Fsp3) is 0.188. The average Bonchev–Trinajstić information content (AvgIpc) is 2.84. The van der Waals surface area contributed by atoms with E-state index in [9.17, 15) is 22.8 Å². The number of nitrogens with one attached hydrogen (secondary N) is 1. The summed E-state index contributed by atoms with van der Waals surface area (Å²) >= 11 is 0.897. The molecular formula is C16H11F3N2O3S. The van der Waals surface area contributed by atoms with Gasteiger partial charge in [0.1, 0.15) is 15.5 Å². The monoisotopic (exact) mass is 368 g/mol. The second kappa shape index (κ2) is 5.99. The standard InChI is InChI=1S/C16H11F3N2O3S/c1-7-11-13(22)20-10(21-14(11)25-12(7)15(23)24)6-8-2-4-9(5-3-8)16(17,18)19/h2-5H,6H2,1H3,(H,23,24)(H,20,21,22). The lowest BCUT2D eigenvalue weighted by molar-refractivity contribution is -0.137. The summed E-state index contributed by atoms with van der Waals surface area (Å²) in [5.74, 6) is -0.875. The molecule has 3 rings (SSSR count). The summed E-state index contributed by atoms with van der Waals surface area (Å²) in [4.78, 5) is 30.5. The number of thiophene rings is 1. The van der Waals surface area contributed by atoms with Crippen molar-refractivity contribution in [1.82, 2.24) is 9.97 Å². The molecule has 0 aliphatic carbocycles. The molecule has 0 aliphatic rings. The molecule has 0 radical (unpaired) electrons. The first kappa shape index (κ1) is 17.2. The third kappa shape index (κ3) is 3.27. The molecule has 1 aromatic carbocycles. The van der Waals surface area contributed by atoms with E-state index in [1.165, 1.54) is 19.1 Å². The van der Waals surface area contributed by atoms with Gasteiger partial charge >= 0.3 is 12.1 Å². The third-order valence-electron chi connectivity index (χ3n) is 3.70. The lowest BCUT2D eigenvalue weighted by Crippen LogP contribution is -2.12. The van der Waals surface area contributed by atoms with Gasteiger partial charge in [0, 0.05) is 6.42 Å². The number of carbonyl (C=O) groups is 1. The molecular weight excluding hydrogens is 357 g/mol. The molecule has 0 unspecified atom stereocenters. The SMILES string of the molecule is Cc1c(C(=O)O)sc2nc(Cc3ccc(C(F)(F)F)cc3)[nH]c(=O)c12. The maximum Gasteiger partial charge on any atom is 0.416 e. The summed E-state index contributed by atoms with van der Waals surface area (Å²) in [5.41, 5.74) is -0.328. The molecule has 0 amide bonds. The number of carboxylic acid groups (broad SMARTS) is 1. The maximum atomic E-state index is 12.6. The zero-order valence-electron chi connectivity index (χ0n) is 12.8. The Labute approximate surface area is 142 Å². The van der Waals surface area contributed by atoms with Gasteiger partial charge in [-0.1, -0.05) is 12.1 Å². The predicted molar refractivity (Wildman–Crippen MR) is 86.2 cm³/mol. The molecule has 5 nitrogen and oxygen atoms in total. The van der Waals surface area contributed by atoms with Crippen LogP contribution in [0.15, 0.2) is 29.1 Å². The van der Waals surface area contributed by atoms with E-state index in [0.29, 0.717) is 16.0 Å². The summed E-state index contributed by atoms with van der Waals surface area (Å²) in [6.45, 7) is 1.54. The van der Waals surface area contributed by atoms with Crippen LogP contribution in [0.5, 0.6) is 0 Å². The van der Waals surface area contributed by atoms with E-state index in [2.05, 4.69) is 9.97 Å². The smallest absolute Gasteiger partial charge is 0.416 e. The van der Waals surface area contributed by atoms with E-state index >= 15 is 0 Å². The van der Waals surface area contributed by atoms with Crippen molar-refractivity contribution >= 4 is 27.5 Å². The minimum atomic E-state index is -4.41. The number of fused-ring (bicyclic) bond motifs is 1. The number of aromatic amines is 1. The zero-order valence-corrected chi connectivity index (χ0v) is 13.6. The first-order valence-electron chi connectivity index (χ1n) is 7.08. The van der Waals surface area contributed by atoms with Gasteiger partial charge in [0.25, 0.3) is 5.56 Å². The molecule has 0 bridgehead atoms. The van der Waals surface area contributed by atoms with E-state index < -0.39 is 23.3 Å². The highest BCUT2D eigenvalue weighted by Crippen LogP contribution is 2.30. The van der Waals surface area contributed by atoms with Crippen molar-refractivity contribution in [3.8, 4) is 0 Å². The number of benzene rings is 1. The number of H-pyrrole nitrogens is 1. The van der Waals surface area contributed by atoms with Crippen LogP contribution < -0.4 is 5.56 Å². The van der Waals surface area contributed by atoms with Crippen LogP contribution in [0.2, 0.25) is 0 Å². The van der Waals surface area contributed by atoms with E-state index in [4.69, 9.17) is 5.11 Å². The summed E-state index contributed by atoms with van der Waals surface area (Å²) in [7, 11) is 0. The number of hydrogen-bond donors (Lipinski definition) is 2. The molecule has 2 heterocycles. The van der Waals surface area contributed by atoms with E-state index in [-0.39, 0.29) is 22.5 Å². The number of carboxylic acids is 1. The molecule has 25 heavy (non-hydrogen) atoms. The van der Waals surface area contributed by atoms with Gasteiger partial charge in [-0.25, -0.2) is 9.78 Å². The predicted octanol–water partition coefficient (Wildman–Crippen LogP) is 3.60. The van der Waals surface area contributed by atoms with Crippen LogP contribution in [0.3, 0.4) is 0 Å². The second-order valence-corrected chi connectivity index (χ2v) is 6.42. The van der Waals surface area contributed by atoms with E-state index in [1.807, 2.05) is 0 Å². The summed E-state index contributed by atoms with van der Waals surface area (Å²) in [6.07, 6.45) is -4.28. The number of rotatable bonds is 3. The van der Waals surface area contributed by atoms with E-state index in [1.54, 1.807) is 0 Å². The molecule has 130 valence electrons. The lowest BCUT2D eigenvalue weighted by atomic mass is 10.1. The lowest BCUT2D eigenvalue weighted by Gasteiger charge is -2.07. The molecule has 2 aromatic heterocycles. The molecule has 0 aliphatic heterocycles. The Kier molecular flexibility index (Phi) is 4.11. The van der Waals surface area contributed by atoms with Gasteiger partial charge in [0.15, 0.2) is 0 Å². The number of hydrogen-bond acceptors (Lipinski definition) is 4. The highest BCUT2D eigenvalue weighted by Gasteiger charge is 2.30. The molecule has 9 heteroatoms. The number of nitrogens with zero attached hydrogens (tertiary/aromatic N) is 1. The van der Waals surface area contributed by atoms with Gasteiger partial charge < -0.3 is 10.1 Å². The maximum absolute atomic E-state index is 12.6. The first-order chi connectivity index (χ1) is 11.7. The summed E-state index contributed by atoms with van der Waals surface area (Å²) in [5, 5.41) is 9.35. The molecule has 0 spiro atoms. The number of alkyl halides is 3. The number of aromatic carboxylic acids is 1. The van der Waals surface area contributed by atoms with Gasteiger partial charge in [-0.05, 0) is 30.2 Å². The molecule has 3 aromatic rings. The van der Waals surface area contributed by atoms with Gasteiger partial charge in [-0.15, -0.1) is 11.3 Å². The van der Waals surface area contributed by atoms with Gasteiger partial charge in [0.05, 0.1) is 10.9 Å². The van der Waals surface area contributed by atoms with Crippen LogP contribution in [0.25, 0.3) is 10.2 Å². The minimum Gasteiger partial charge on any atom is -0.477 e. The number of aromatic nitrogens is 2. The van der Waals surface area contributed by atoms with Crippen molar-refractivity contribution in [2.45, 2.75) is 19.5 Å². The Morgan fingerprint density at radius 2 is 1.92 bits per heavy atom. The third-order valence-corrected chi connectivity index (χ3v) is 4.87. The van der Waals surface area contributed by atoms with Crippen molar-refractivity contribution in [3.05, 3.63) is 62.0 Å². The van der Waals surface area contributed by atoms with Crippen LogP contribution in [0.4, 0.5) is 13.2 Å². The average molecular weight is 368 g/mol. The highest BCUT2D eigenvalue weighted by molar-refractivity contribution is 7.20. The molecule has 0 atom stereocenters. The zero-order chi connectivity index (χ0) is 18.4. The van der Waals surface area contributed by atoms with Crippen LogP contribution in [0.1, 0.15) is 32.2 Å². The Bertz CT molecular complexity index is 1020. The minimum absolute atomic E-state index is 0.0414. The summed E-state index contributed by atoms with van der Waals surface area (Å²) in [6, 6.07) is 4.55. The quantitative estimate of drug-likeness (QED) is 0.740. The van der Waals surface area contributed by atoms with Crippen LogP contribution in [-0.2, 0) is 12.6 Å². The van der Waals surface area contributed by atoms with Gasteiger partial charge in [0.2, 0.25) is 0 Å². The second-order valence-electron chi connectivity index (χ2n) is 5.43. The summed E-state index contributed by atoms with van der Waals surface area (Å²) < 4.78 is 37.7. The van der Waals surface area contributed by atoms with Crippen molar-refractivity contribution in [2.75, 3.05) is 0 Å². The van der Waals surface area contributed by atoms with Gasteiger partial charge in [-0.2, -0.15) is 13.2 Å². The highest BCUT2D eigenvalue weighted by atomic mass is 32.1. The van der Waals surface area contributed by atoms with Gasteiger partial charge in [-0.3, -0.25) is 4.79 Å². The first-order valence-corrected chi connectivity index (χ1v) is 7.90. The Morgan fingerprint density at radius 1 is 1.28 bits per heavy atom. The Hall–Kier alpha value is -2.68. The van der Waals surface area contributed by atoms with Crippen LogP contribution in [-0.4, -0.2) is 21.0 Å². The molecule has 0 saturated carbocycles. The van der Waals surface area contributed by atoms with Crippen LogP contribution in [0, 0.1) is 6.92 Å². The Balaban J connectivity index is 1.97. The van der Waals surface area contributed by atoms with Crippen LogP contribution >= 0.6 is 11.3 Å². The topological polar surface area (TPSA) is 83.0 Å². The largest absolute Gasteiger partial charge is 0.477 e. The normalized spacial score (nSPS) is 11.8. The van der Waals surface area contributed by atoms with E-state index in [0.717, 1.165) is 23.5 Å². The fourth-order valence-corrected chi connectivity index (χ4v) is 3.52. The number of aryl methyl sites for hydroxylation is 1. The number of halogens is 3. The molecule has 2 N–H and O–H groups in total.